The van der Waals surface area contributed by atoms with E-state index in [0.29, 0.717) is 12.2 Å². The van der Waals surface area contributed by atoms with Crippen LogP contribution in [0.15, 0.2) is 17.4 Å². The number of nitrogens with zero attached hydrogens (tertiary/aromatic N) is 2. The maximum Gasteiger partial charge on any atom is 0.272 e. The Morgan fingerprint density at radius 2 is 1.89 bits per heavy atom. The lowest BCUT2D eigenvalue weighted by Crippen LogP contribution is -2.29. The summed E-state index contributed by atoms with van der Waals surface area (Å²) in [6.07, 6.45) is 6.11. The Bertz CT molecular complexity index is 489. The lowest BCUT2D eigenvalue weighted by atomic mass is 9.58. The van der Waals surface area contributed by atoms with Crippen LogP contribution in [-0.2, 0) is 19.4 Å². The van der Waals surface area contributed by atoms with Crippen LogP contribution < -0.4 is 5.56 Å². The van der Waals surface area contributed by atoms with E-state index in [4.69, 9.17) is 0 Å². The number of fused-ring (bicyclic) bond motifs is 1. The lowest BCUT2D eigenvalue weighted by Gasteiger charge is -2.19. The summed E-state index contributed by atoms with van der Waals surface area (Å²) >= 11 is 0. The van der Waals surface area contributed by atoms with Gasteiger partial charge in [-0.05, 0) is 32.6 Å². The monoisotopic (exact) mass is 260 g/mol. The van der Waals surface area contributed by atoms with Crippen LogP contribution in [0.4, 0.5) is 0 Å². The second-order valence-electron chi connectivity index (χ2n) is 5.73. The Morgan fingerprint density at radius 1 is 1.32 bits per heavy atom. The molecule has 0 atom stereocenters. The van der Waals surface area contributed by atoms with Crippen molar-refractivity contribution < 1.29 is 0 Å². The molecule has 19 heavy (non-hydrogen) atoms. The van der Waals surface area contributed by atoms with Crippen LogP contribution in [0.5, 0.6) is 0 Å². The molecule has 0 unspecified atom stereocenters. The fourth-order valence-corrected chi connectivity index (χ4v) is 2.17. The van der Waals surface area contributed by atoms with E-state index in [1.54, 1.807) is 13.0 Å². The molecule has 0 radical (unpaired) electrons. The topological polar surface area (TPSA) is 34.9 Å². The number of rotatable bonds is 2. The molecule has 0 saturated heterocycles. The smallest absolute Gasteiger partial charge is 0.272 e. The van der Waals surface area contributed by atoms with Gasteiger partial charge in [0.15, 0.2) is 0 Å². The minimum absolute atomic E-state index is 0.0375. The zero-order valence-corrected chi connectivity index (χ0v) is 12.7. The number of allylic oxidation sites excluding steroid dienone is 1. The van der Waals surface area contributed by atoms with Gasteiger partial charge in [-0.15, -0.1) is 6.58 Å². The Balaban J connectivity index is 0.000000399. The first-order chi connectivity index (χ1) is 8.97. The second kappa shape index (κ2) is 7.32. The molecule has 4 heteroatoms. The maximum absolute atomic E-state index is 11.9. The average molecular weight is 260 g/mol. The zero-order chi connectivity index (χ0) is 14.4. The van der Waals surface area contributed by atoms with E-state index in [1.807, 2.05) is 4.57 Å². The van der Waals surface area contributed by atoms with Crippen molar-refractivity contribution in [3.63, 3.8) is 0 Å². The molecule has 3 nitrogen and oxygen atoms in total. The van der Waals surface area contributed by atoms with E-state index >= 15 is 0 Å². The minimum Gasteiger partial charge on any atom is -0.305 e. The van der Waals surface area contributed by atoms with Crippen LogP contribution in [-0.4, -0.2) is 16.3 Å². The normalized spacial score (nSPS) is 13.1. The minimum atomic E-state index is 0.0375. The van der Waals surface area contributed by atoms with Crippen molar-refractivity contribution in [2.45, 2.75) is 59.6 Å². The van der Waals surface area contributed by atoms with Crippen LogP contribution in [0.3, 0.4) is 0 Å². The summed E-state index contributed by atoms with van der Waals surface area (Å²) in [6.45, 7) is 13.4. The number of aromatic nitrogens is 2. The van der Waals surface area contributed by atoms with Gasteiger partial charge in [-0.1, -0.05) is 26.5 Å². The molecule has 2 rings (SSSR count). The van der Waals surface area contributed by atoms with Crippen LogP contribution in [0.2, 0.25) is 20.5 Å². The van der Waals surface area contributed by atoms with Crippen LogP contribution in [0.1, 0.15) is 29.9 Å². The van der Waals surface area contributed by atoms with Gasteiger partial charge in [0.25, 0.3) is 5.56 Å². The van der Waals surface area contributed by atoms with E-state index in [2.05, 4.69) is 32.0 Å². The molecule has 1 aromatic heterocycles. The highest BCUT2D eigenvalue weighted by Gasteiger charge is 2.16. The maximum atomic E-state index is 11.9. The summed E-state index contributed by atoms with van der Waals surface area (Å²) in [5.41, 5.74) is 2.88. The van der Waals surface area contributed by atoms with Crippen molar-refractivity contribution in [3.8, 4) is 0 Å². The second-order valence-corrected chi connectivity index (χ2v) is 5.73. The molecule has 0 aromatic carbocycles. The average Bonchev–Trinajstić information content (AvgIpc) is 2.34. The Labute approximate surface area is 116 Å². The molecule has 104 valence electrons. The molecule has 0 saturated carbocycles. The SMILES string of the molecule is C=CCn1c2c(nc(C)c1=O)CCCC2.CB(C)C. The van der Waals surface area contributed by atoms with Gasteiger partial charge in [0.1, 0.15) is 12.4 Å². The predicted octanol–water partition coefficient (Wildman–Crippen LogP) is 2.99. The van der Waals surface area contributed by atoms with Crippen molar-refractivity contribution in [1.29, 1.82) is 0 Å². The van der Waals surface area contributed by atoms with Crippen molar-refractivity contribution in [3.05, 3.63) is 40.1 Å². The first kappa shape index (κ1) is 15.7. The van der Waals surface area contributed by atoms with Crippen LogP contribution >= 0.6 is 0 Å². The Kier molecular flexibility index (Phi) is 6.06. The summed E-state index contributed by atoms with van der Waals surface area (Å²) in [5.74, 6) is 0. The first-order valence-corrected chi connectivity index (χ1v) is 7.17. The Hall–Kier alpha value is -1.32. The molecule has 1 aliphatic carbocycles. The van der Waals surface area contributed by atoms with Gasteiger partial charge < -0.3 is 4.57 Å². The lowest BCUT2D eigenvalue weighted by molar-refractivity contribution is 0.583. The molecule has 0 N–H and O–H groups in total. The van der Waals surface area contributed by atoms with Crippen LogP contribution in [0, 0.1) is 6.92 Å². The highest BCUT2D eigenvalue weighted by atomic mass is 16.1. The standard InChI is InChI=1S/C12H16N2O.C3H9B/c1-3-8-14-11-7-5-4-6-10(11)13-9(2)12(14)15;1-4(2)3/h3H,1,4-8H2,2H3;1-3H3. The van der Waals surface area contributed by atoms with Crippen molar-refractivity contribution in [2.75, 3.05) is 0 Å². The molecule has 0 fully saturated rings. The van der Waals surface area contributed by atoms with Gasteiger partial charge in [-0.3, -0.25) is 9.78 Å². The molecule has 0 amide bonds. The van der Waals surface area contributed by atoms with E-state index in [1.165, 1.54) is 6.42 Å². The van der Waals surface area contributed by atoms with Crippen molar-refractivity contribution in [2.24, 2.45) is 0 Å². The molecule has 1 aliphatic rings. The molecule has 1 aromatic rings. The van der Waals surface area contributed by atoms with Gasteiger partial charge in [-0.2, -0.15) is 0 Å². The molecular weight excluding hydrogens is 235 g/mol. The van der Waals surface area contributed by atoms with Gasteiger partial charge in [0, 0.05) is 12.2 Å². The number of hydrogen-bond acceptors (Lipinski definition) is 2. The van der Waals surface area contributed by atoms with Gasteiger partial charge in [0.2, 0.25) is 0 Å². The highest BCUT2D eigenvalue weighted by Crippen LogP contribution is 2.18. The van der Waals surface area contributed by atoms with E-state index in [9.17, 15) is 4.79 Å². The fraction of sp³-hybridized carbons (Fsp3) is 0.600. The van der Waals surface area contributed by atoms with E-state index < -0.39 is 0 Å². The number of hydrogen-bond donors (Lipinski definition) is 0. The number of aryl methyl sites for hydroxylation is 2. The predicted molar refractivity (Wildman–Crippen MR) is 83.4 cm³/mol. The highest BCUT2D eigenvalue weighted by molar-refractivity contribution is 6.54. The third-order valence-electron chi connectivity index (χ3n) is 2.91. The summed E-state index contributed by atoms with van der Waals surface area (Å²) in [4.78, 5) is 16.3. The third-order valence-corrected chi connectivity index (χ3v) is 2.91. The van der Waals surface area contributed by atoms with Crippen LogP contribution in [0.25, 0.3) is 0 Å². The summed E-state index contributed by atoms with van der Waals surface area (Å²) in [6, 6.07) is 0. The largest absolute Gasteiger partial charge is 0.305 e. The molecule has 0 bridgehead atoms. The summed E-state index contributed by atoms with van der Waals surface area (Å²) < 4.78 is 1.82. The third kappa shape index (κ3) is 4.37. The zero-order valence-electron chi connectivity index (χ0n) is 12.7. The quantitative estimate of drug-likeness (QED) is 0.605. The summed E-state index contributed by atoms with van der Waals surface area (Å²) in [7, 11) is 0. The van der Waals surface area contributed by atoms with Gasteiger partial charge in [-0.25, -0.2) is 0 Å². The first-order valence-electron chi connectivity index (χ1n) is 7.17. The molecule has 0 spiro atoms. The van der Waals surface area contributed by atoms with Gasteiger partial charge in [0.05, 0.1) is 5.69 Å². The fourth-order valence-electron chi connectivity index (χ4n) is 2.17. The van der Waals surface area contributed by atoms with Gasteiger partial charge >= 0.3 is 0 Å². The molecule has 0 aliphatic heterocycles. The Morgan fingerprint density at radius 3 is 2.47 bits per heavy atom. The van der Waals surface area contributed by atoms with Crippen molar-refractivity contribution >= 4 is 6.71 Å². The molecule has 1 heterocycles. The van der Waals surface area contributed by atoms with Crippen molar-refractivity contribution in [1.82, 2.24) is 9.55 Å². The summed E-state index contributed by atoms with van der Waals surface area (Å²) in [5, 5.41) is 0. The molecular formula is C15H25BN2O. The van der Waals surface area contributed by atoms with E-state index in [-0.39, 0.29) is 5.56 Å². The van der Waals surface area contributed by atoms with E-state index in [0.717, 1.165) is 37.4 Å².